The van der Waals surface area contributed by atoms with E-state index < -0.39 is 9.84 Å². The summed E-state index contributed by atoms with van der Waals surface area (Å²) in [6.07, 6.45) is 1.93. The molecule has 0 radical (unpaired) electrons. The maximum atomic E-state index is 11.1. The highest BCUT2D eigenvalue weighted by atomic mass is 79.9. The van der Waals surface area contributed by atoms with Crippen molar-refractivity contribution < 1.29 is 8.42 Å². The largest absolute Gasteiger partial charge is 0.229 e. The maximum absolute atomic E-state index is 11.1. The van der Waals surface area contributed by atoms with E-state index in [2.05, 4.69) is 31.9 Å². The van der Waals surface area contributed by atoms with Gasteiger partial charge in [0.15, 0.2) is 0 Å². The molecule has 16 heavy (non-hydrogen) atoms. The molecular formula is C11H14Br2O2S. The van der Waals surface area contributed by atoms with Crippen LogP contribution < -0.4 is 0 Å². The number of hydrogen-bond donors (Lipinski definition) is 0. The average molecular weight is 370 g/mol. The number of benzene rings is 1. The van der Waals surface area contributed by atoms with Crippen LogP contribution in [0, 0.1) is 0 Å². The second kappa shape index (κ2) is 6.17. The van der Waals surface area contributed by atoms with Crippen molar-refractivity contribution in [3.63, 3.8) is 0 Å². The van der Waals surface area contributed by atoms with Crippen LogP contribution in [0.4, 0.5) is 0 Å². The molecule has 1 aromatic carbocycles. The van der Waals surface area contributed by atoms with Gasteiger partial charge in [-0.2, -0.15) is 0 Å². The minimum absolute atomic E-state index is 0.232. The number of alkyl halides is 1. The predicted octanol–water partition coefficient (Wildman–Crippen LogP) is 3.36. The smallest absolute Gasteiger partial charge is 0.147 e. The van der Waals surface area contributed by atoms with Crippen LogP contribution in [-0.2, 0) is 9.84 Å². The van der Waals surface area contributed by atoms with Gasteiger partial charge in [-0.15, -0.1) is 0 Å². The second-order valence-electron chi connectivity index (χ2n) is 3.82. The molecule has 0 aromatic heterocycles. The summed E-state index contributed by atoms with van der Waals surface area (Å²) in [5.74, 6) is 0.475. The third-order valence-electron chi connectivity index (χ3n) is 2.34. The average Bonchev–Trinajstić information content (AvgIpc) is 2.17. The molecule has 0 spiro atoms. The van der Waals surface area contributed by atoms with Gasteiger partial charge in [-0.1, -0.05) is 44.0 Å². The topological polar surface area (TPSA) is 34.1 Å². The third kappa shape index (κ3) is 4.97. The Hall–Kier alpha value is 0.130. The molecular weight excluding hydrogens is 356 g/mol. The lowest BCUT2D eigenvalue weighted by atomic mass is 9.99. The standard InChI is InChI=1S/C11H14Br2O2S/c1-16(14,15)6-5-10(8-12)9-3-2-4-11(13)7-9/h2-4,7,10H,5-6,8H2,1H3. The lowest BCUT2D eigenvalue weighted by Gasteiger charge is -2.14. The van der Waals surface area contributed by atoms with E-state index in [0.29, 0.717) is 6.42 Å². The summed E-state index contributed by atoms with van der Waals surface area (Å²) in [5.41, 5.74) is 1.16. The Morgan fingerprint density at radius 3 is 2.56 bits per heavy atom. The summed E-state index contributed by atoms with van der Waals surface area (Å²) in [6, 6.07) is 7.99. The molecule has 1 aromatic rings. The molecule has 0 amide bonds. The van der Waals surface area contributed by atoms with Gasteiger partial charge in [0.05, 0.1) is 5.75 Å². The molecule has 0 aliphatic carbocycles. The zero-order valence-electron chi connectivity index (χ0n) is 8.99. The van der Waals surface area contributed by atoms with Crippen LogP contribution in [0.3, 0.4) is 0 Å². The Labute approximate surface area is 114 Å². The van der Waals surface area contributed by atoms with E-state index in [4.69, 9.17) is 0 Å². The van der Waals surface area contributed by atoms with Crippen LogP contribution in [0.2, 0.25) is 0 Å². The van der Waals surface area contributed by atoms with Crippen LogP contribution in [-0.4, -0.2) is 25.8 Å². The van der Waals surface area contributed by atoms with Crippen LogP contribution >= 0.6 is 31.9 Å². The highest BCUT2D eigenvalue weighted by Gasteiger charge is 2.13. The van der Waals surface area contributed by atoms with Gasteiger partial charge in [0, 0.05) is 16.1 Å². The van der Waals surface area contributed by atoms with E-state index in [1.165, 1.54) is 6.26 Å². The molecule has 0 bridgehead atoms. The first-order valence-corrected chi connectivity index (χ1v) is 8.89. The van der Waals surface area contributed by atoms with E-state index in [0.717, 1.165) is 15.4 Å². The zero-order chi connectivity index (χ0) is 12.2. The molecule has 1 unspecified atom stereocenters. The summed E-state index contributed by atoms with van der Waals surface area (Å²) < 4.78 is 23.3. The predicted molar refractivity (Wildman–Crippen MR) is 75.0 cm³/mol. The van der Waals surface area contributed by atoms with Crippen molar-refractivity contribution >= 4 is 41.7 Å². The fourth-order valence-corrected chi connectivity index (χ4v) is 3.28. The molecule has 90 valence electrons. The molecule has 0 saturated heterocycles. The van der Waals surface area contributed by atoms with Gasteiger partial charge >= 0.3 is 0 Å². The summed E-state index contributed by atoms with van der Waals surface area (Å²) >= 11 is 6.85. The van der Waals surface area contributed by atoms with E-state index >= 15 is 0 Å². The van der Waals surface area contributed by atoms with Crippen LogP contribution in [0.5, 0.6) is 0 Å². The van der Waals surface area contributed by atoms with Crippen molar-refractivity contribution in [2.24, 2.45) is 0 Å². The van der Waals surface area contributed by atoms with Gasteiger partial charge < -0.3 is 0 Å². The number of rotatable bonds is 5. The molecule has 2 nitrogen and oxygen atoms in total. The van der Waals surface area contributed by atoms with Crippen LogP contribution in [0.1, 0.15) is 17.9 Å². The lowest BCUT2D eigenvalue weighted by Crippen LogP contribution is -2.09. The first kappa shape index (κ1) is 14.2. The highest BCUT2D eigenvalue weighted by Crippen LogP contribution is 2.25. The molecule has 0 saturated carbocycles. The highest BCUT2D eigenvalue weighted by molar-refractivity contribution is 9.10. The van der Waals surface area contributed by atoms with Gasteiger partial charge in [0.2, 0.25) is 0 Å². The SMILES string of the molecule is CS(=O)(=O)CCC(CBr)c1cccc(Br)c1. The third-order valence-corrected chi connectivity index (χ3v) is 4.60. The summed E-state index contributed by atoms with van der Waals surface area (Å²) in [6.45, 7) is 0. The first-order chi connectivity index (χ1) is 7.42. The zero-order valence-corrected chi connectivity index (χ0v) is 13.0. The van der Waals surface area contributed by atoms with Crippen LogP contribution in [0.25, 0.3) is 0 Å². The Kier molecular flexibility index (Phi) is 5.47. The van der Waals surface area contributed by atoms with E-state index in [-0.39, 0.29) is 11.7 Å². The lowest BCUT2D eigenvalue weighted by molar-refractivity contribution is 0.595. The Bertz CT molecular complexity index is 443. The molecule has 5 heteroatoms. The fraction of sp³-hybridized carbons (Fsp3) is 0.455. The number of sulfone groups is 1. The van der Waals surface area contributed by atoms with Crippen molar-refractivity contribution in [1.29, 1.82) is 0 Å². The molecule has 0 fully saturated rings. The minimum Gasteiger partial charge on any atom is -0.229 e. The Balaban J connectivity index is 2.75. The van der Waals surface area contributed by atoms with Crippen molar-refractivity contribution in [2.75, 3.05) is 17.3 Å². The van der Waals surface area contributed by atoms with Crippen molar-refractivity contribution in [3.05, 3.63) is 34.3 Å². The van der Waals surface area contributed by atoms with E-state index in [9.17, 15) is 8.42 Å². The number of halogens is 2. The summed E-state index contributed by atoms with van der Waals surface area (Å²) in [7, 11) is -2.88. The van der Waals surface area contributed by atoms with Gasteiger partial charge in [0.1, 0.15) is 9.84 Å². The quantitative estimate of drug-likeness (QED) is 0.745. The molecule has 0 N–H and O–H groups in total. The summed E-state index contributed by atoms with van der Waals surface area (Å²) in [5, 5.41) is 0.777. The maximum Gasteiger partial charge on any atom is 0.147 e. The van der Waals surface area contributed by atoms with Gasteiger partial charge in [-0.3, -0.25) is 0 Å². The van der Waals surface area contributed by atoms with Gasteiger partial charge in [0.25, 0.3) is 0 Å². The normalized spacial score (nSPS) is 13.7. The van der Waals surface area contributed by atoms with E-state index in [1.54, 1.807) is 0 Å². The van der Waals surface area contributed by atoms with Crippen LogP contribution in [0.15, 0.2) is 28.7 Å². The first-order valence-electron chi connectivity index (χ1n) is 4.91. The molecule has 0 heterocycles. The monoisotopic (exact) mass is 368 g/mol. The van der Waals surface area contributed by atoms with Crippen molar-refractivity contribution in [3.8, 4) is 0 Å². The Morgan fingerprint density at radius 2 is 2.06 bits per heavy atom. The van der Waals surface area contributed by atoms with Gasteiger partial charge in [-0.05, 0) is 30.0 Å². The fourth-order valence-electron chi connectivity index (χ4n) is 1.45. The van der Waals surface area contributed by atoms with Gasteiger partial charge in [-0.25, -0.2) is 8.42 Å². The molecule has 1 atom stereocenters. The summed E-state index contributed by atoms with van der Waals surface area (Å²) in [4.78, 5) is 0. The van der Waals surface area contributed by atoms with Crippen molar-refractivity contribution in [1.82, 2.24) is 0 Å². The second-order valence-corrected chi connectivity index (χ2v) is 7.65. The Morgan fingerprint density at radius 1 is 1.38 bits per heavy atom. The molecule has 0 aliphatic heterocycles. The molecule has 1 rings (SSSR count). The molecule has 0 aliphatic rings. The van der Waals surface area contributed by atoms with E-state index in [1.807, 2.05) is 24.3 Å². The van der Waals surface area contributed by atoms with Crippen molar-refractivity contribution in [2.45, 2.75) is 12.3 Å². The number of hydrogen-bond acceptors (Lipinski definition) is 2. The minimum atomic E-state index is -2.88.